The third-order valence-corrected chi connectivity index (χ3v) is 10.1. The lowest BCUT2D eigenvalue weighted by Crippen LogP contribution is -2.10. The number of para-hydroxylation sites is 1. The molecule has 0 aliphatic rings. The van der Waals surface area contributed by atoms with Gasteiger partial charge in [0, 0.05) is 31.5 Å². The van der Waals surface area contributed by atoms with Crippen LogP contribution in [0, 0.1) is 0 Å². The van der Waals surface area contributed by atoms with Crippen molar-refractivity contribution in [2.45, 2.75) is 0 Å². The molecule has 1 heterocycles. The van der Waals surface area contributed by atoms with Gasteiger partial charge in [0.2, 0.25) is 0 Å². The zero-order valence-electron chi connectivity index (χ0n) is 25.1. The van der Waals surface area contributed by atoms with Crippen molar-refractivity contribution in [2.24, 2.45) is 0 Å². The monoisotopic (exact) mass is 603 g/mol. The minimum Gasteiger partial charge on any atom is -0.310 e. The number of fused-ring (bicyclic) bond motifs is 5. The average Bonchev–Trinajstić information content (AvgIpc) is 3.51. The molecular weight excluding hydrogens is 575 g/mol. The fourth-order valence-electron chi connectivity index (χ4n) is 6.74. The van der Waals surface area contributed by atoms with E-state index in [1.54, 1.807) is 0 Å². The number of thiophene rings is 1. The van der Waals surface area contributed by atoms with E-state index in [4.69, 9.17) is 0 Å². The maximum atomic E-state index is 2.41. The predicted octanol–water partition coefficient (Wildman–Crippen LogP) is 13.2. The van der Waals surface area contributed by atoms with Gasteiger partial charge < -0.3 is 4.90 Å². The van der Waals surface area contributed by atoms with E-state index >= 15 is 0 Å². The molecule has 0 spiro atoms. The summed E-state index contributed by atoms with van der Waals surface area (Å²) in [5, 5.41) is 7.54. The quantitative estimate of drug-likeness (QED) is 0.189. The first-order chi connectivity index (χ1) is 22.8. The summed E-state index contributed by atoms with van der Waals surface area (Å²) in [6.07, 6.45) is 0. The zero-order chi connectivity index (χ0) is 30.5. The van der Waals surface area contributed by atoms with Crippen molar-refractivity contribution in [1.82, 2.24) is 0 Å². The second kappa shape index (κ2) is 11.0. The molecule has 0 bridgehead atoms. The summed E-state index contributed by atoms with van der Waals surface area (Å²) in [4.78, 5) is 2.41. The van der Waals surface area contributed by atoms with E-state index in [1.165, 1.54) is 69.7 Å². The van der Waals surface area contributed by atoms with Crippen molar-refractivity contribution in [3.63, 3.8) is 0 Å². The van der Waals surface area contributed by atoms with Crippen LogP contribution in [0.2, 0.25) is 0 Å². The van der Waals surface area contributed by atoms with Gasteiger partial charge in [-0.25, -0.2) is 0 Å². The molecule has 0 aliphatic heterocycles. The first-order valence-electron chi connectivity index (χ1n) is 15.7. The second-order valence-corrected chi connectivity index (χ2v) is 12.9. The molecule has 46 heavy (non-hydrogen) atoms. The highest BCUT2D eigenvalue weighted by Crippen LogP contribution is 2.45. The molecule has 0 amide bonds. The lowest BCUT2D eigenvalue weighted by molar-refractivity contribution is 1.31. The molecule has 0 saturated carbocycles. The van der Waals surface area contributed by atoms with E-state index in [0.29, 0.717) is 0 Å². The van der Waals surface area contributed by atoms with Gasteiger partial charge in [-0.2, -0.15) is 0 Å². The van der Waals surface area contributed by atoms with Crippen LogP contribution in [0.4, 0.5) is 17.1 Å². The molecule has 0 radical (unpaired) electrons. The Bertz CT molecular complexity index is 2530. The van der Waals surface area contributed by atoms with Gasteiger partial charge in [-0.3, -0.25) is 0 Å². The maximum absolute atomic E-state index is 2.41. The van der Waals surface area contributed by atoms with Crippen LogP contribution in [0.1, 0.15) is 0 Å². The van der Waals surface area contributed by atoms with Crippen LogP contribution in [0.25, 0.3) is 64.0 Å². The van der Waals surface area contributed by atoms with E-state index in [-0.39, 0.29) is 0 Å². The molecule has 2 heteroatoms. The van der Waals surface area contributed by atoms with Crippen LogP contribution in [0.3, 0.4) is 0 Å². The Morgan fingerprint density at radius 1 is 0.348 bits per heavy atom. The molecule has 1 nitrogen and oxygen atoms in total. The summed E-state index contributed by atoms with van der Waals surface area (Å²) in [5.74, 6) is 0. The lowest BCUT2D eigenvalue weighted by Gasteiger charge is -2.27. The van der Waals surface area contributed by atoms with Gasteiger partial charge in [-0.05, 0) is 104 Å². The fourth-order valence-corrected chi connectivity index (χ4v) is 7.86. The smallest absolute Gasteiger partial charge is 0.0554 e. The van der Waals surface area contributed by atoms with Crippen molar-refractivity contribution in [3.05, 3.63) is 176 Å². The third-order valence-electron chi connectivity index (χ3n) is 9.00. The van der Waals surface area contributed by atoms with Crippen LogP contribution >= 0.6 is 11.3 Å². The van der Waals surface area contributed by atoms with Crippen molar-refractivity contribution < 1.29 is 0 Å². The maximum Gasteiger partial charge on any atom is 0.0554 e. The Hall–Kier alpha value is -5.70. The normalized spacial score (nSPS) is 11.5. The van der Waals surface area contributed by atoms with Gasteiger partial charge in [0.25, 0.3) is 0 Å². The average molecular weight is 604 g/mol. The molecule has 8 aromatic carbocycles. The summed E-state index contributed by atoms with van der Waals surface area (Å²) in [7, 11) is 0. The first kappa shape index (κ1) is 26.7. The highest BCUT2D eigenvalue weighted by molar-refractivity contribution is 7.26. The number of rotatable bonds is 5. The molecule has 0 fully saturated rings. The van der Waals surface area contributed by atoms with Gasteiger partial charge in [-0.15, -0.1) is 11.3 Å². The van der Waals surface area contributed by atoms with Gasteiger partial charge in [0.15, 0.2) is 0 Å². The number of hydrogen-bond donors (Lipinski definition) is 0. The number of benzene rings is 8. The van der Waals surface area contributed by atoms with Crippen molar-refractivity contribution in [1.29, 1.82) is 0 Å². The Kier molecular flexibility index (Phi) is 6.40. The van der Waals surface area contributed by atoms with Crippen LogP contribution in [-0.2, 0) is 0 Å². The molecule has 0 atom stereocenters. The highest BCUT2D eigenvalue weighted by atomic mass is 32.1. The molecule has 0 N–H and O–H groups in total. The van der Waals surface area contributed by atoms with Crippen LogP contribution in [-0.4, -0.2) is 0 Å². The number of hydrogen-bond acceptors (Lipinski definition) is 2. The van der Waals surface area contributed by atoms with E-state index < -0.39 is 0 Å². The van der Waals surface area contributed by atoms with E-state index in [9.17, 15) is 0 Å². The molecule has 1 aromatic heterocycles. The Morgan fingerprint density at radius 2 is 0.913 bits per heavy atom. The molecule has 216 valence electrons. The molecule has 0 unspecified atom stereocenters. The van der Waals surface area contributed by atoms with E-state index in [0.717, 1.165) is 11.4 Å². The van der Waals surface area contributed by atoms with Crippen LogP contribution < -0.4 is 4.90 Å². The Labute approximate surface area is 272 Å². The Balaban J connectivity index is 1.18. The zero-order valence-corrected chi connectivity index (χ0v) is 25.9. The fraction of sp³-hybridized carbons (Fsp3) is 0. The van der Waals surface area contributed by atoms with E-state index in [1.807, 2.05) is 11.3 Å². The van der Waals surface area contributed by atoms with E-state index in [2.05, 4.69) is 181 Å². The van der Waals surface area contributed by atoms with Crippen molar-refractivity contribution in [3.8, 4) is 22.3 Å². The highest BCUT2D eigenvalue weighted by Gasteiger charge is 2.18. The molecule has 9 aromatic rings. The number of anilines is 3. The van der Waals surface area contributed by atoms with Gasteiger partial charge in [-0.1, -0.05) is 115 Å². The summed E-state index contributed by atoms with van der Waals surface area (Å²) in [6.45, 7) is 0. The Morgan fingerprint density at radius 3 is 1.63 bits per heavy atom. The molecule has 0 saturated heterocycles. The topological polar surface area (TPSA) is 3.24 Å². The second-order valence-electron chi connectivity index (χ2n) is 11.8. The predicted molar refractivity (Wildman–Crippen MR) is 200 cm³/mol. The van der Waals surface area contributed by atoms with Crippen LogP contribution in [0.15, 0.2) is 176 Å². The minimum absolute atomic E-state index is 1.14. The van der Waals surface area contributed by atoms with Gasteiger partial charge >= 0.3 is 0 Å². The third kappa shape index (κ3) is 4.63. The SMILES string of the molecule is c1ccc(-c2ccc3ccc(-c4ccc5ccc(N(c6ccccc6)c6cccc7sc8ccccc8c67)cc5c4)cc3c2)cc1. The number of nitrogens with zero attached hydrogens (tertiary/aromatic N) is 1. The minimum atomic E-state index is 1.14. The van der Waals surface area contributed by atoms with Gasteiger partial charge in [0.05, 0.1) is 5.69 Å². The summed E-state index contributed by atoms with van der Waals surface area (Å²) >= 11 is 1.86. The largest absolute Gasteiger partial charge is 0.310 e. The van der Waals surface area contributed by atoms with Crippen LogP contribution in [0.5, 0.6) is 0 Å². The van der Waals surface area contributed by atoms with Crippen molar-refractivity contribution >= 4 is 70.1 Å². The molecular formula is C44H29NS. The lowest BCUT2D eigenvalue weighted by atomic mass is 9.96. The molecule has 9 rings (SSSR count). The summed E-state index contributed by atoms with van der Waals surface area (Å²) < 4.78 is 2.61. The molecule has 0 aliphatic carbocycles. The summed E-state index contributed by atoms with van der Waals surface area (Å²) in [6, 6.07) is 64.0. The first-order valence-corrected chi connectivity index (χ1v) is 16.5. The van der Waals surface area contributed by atoms with Gasteiger partial charge in [0.1, 0.15) is 0 Å². The summed E-state index contributed by atoms with van der Waals surface area (Å²) in [5.41, 5.74) is 8.40. The standard InChI is InChI=1S/C44H29NS/c1-3-10-30(11-4-1)33-21-18-31-19-22-34(27-36(31)26-33)35-23-20-32-24-25-39(29-37(32)28-35)45(38-12-5-2-6-13-38)41-15-9-17-43-44(41)40-14-7-8-16-42(40)46-43/h1-29H. The van der Waals surface area contributed by atoms with Crippen molar-refractivity contribution in [2.75, 3.05) is 4.90 Å².